The molecule has 7 heteroatoms. The van der Waals surface area contributed by atoms with Crippen molar-refractivity contribution in [3.8, 4) is 6.07 Å². The highest BCUT2D eigenvalue weighted by Crippen LogP contribution is 2.34. The summed E-state index contributed by atoms with van der Waals surface area (Å²) in [5, 5.41) is 10.0. The summed E-state index contributed by atoms with van der Waals surface area (Å²) in [5.74, 6) is 1.84. The van der Waals surface area contributed by atoms with Gasteiger partial charge in [0.2, 0.25) is 0 Å². The molecule has 3 aromatic rings. The third kappa shape index (κ3) is 2.53. The van der Waals surface area contributed by atoms with Crippen molar-refractivity contribution in [1.82, 2.24) is 19.9 Å². The second-order valence-electron chi connectivity index (χ2n) is 5.01. The summed E-state index contributed by atoms with van der Waals surface area (Å²) in [7, 11) is 0. The van der Waals surface area contributed by atoms with Crippen molar-refractivity contribution in [3.05, 3.63) is 54.4 Å². The molecule has 3 aromatic heterocycles. The van der Waals surface area contributed by atoms with Crippen LogP contribution in [-0.2, 0) is 0 Å². The predicted octanol–water partition coefficient (Wildman–Crippen LogP) is 2.78. The third-order valence-electron chi connectivity index (χ3n) is 3.63. The maximum Gasteiger partial charge on any atom is 0.145 e. The van der Waals surface area contributed by atoms with E-state index in [1.807, 2.05) is 24.4 Å². The SMILES string of the molecule is N#Cc1cc(C2=CN(c3ncnc4[nH]ccc34)CCS2)ccn1. The number of nitrogens with zero attached hydrogens (tertiary/aromatic N) is 5. The first-order valence-corrected chi connectivity index (χ1v) is 8.09. The number of pyridine rings is 1. The number of fused-ring (bicyclic) bond motifs is 1. The Bertz CT molecular complexity index is 939. The van der Waals surface area contributed by atoms with Crippen molar-refractivity contribution < 1.29 is 0 Å². The van der Waals surface area contributed by atoms with E-state index in [4.69, 9.17) is 5.26 Å². The van der Waals surface area contributed by atoms with Gasteiger partial charge < -0.3 is 9.88 Å². The molecule has 0 aromatic carbocycles. The van der Waals surface area contributed by atoms with Gasteiger partial charge in [0.15, 0.2) is 0 Å². The maximum absolute atomic E-state index is 9.02. The van der Waals surface area contributed by atoms with E-state index < -0.39 is 0 Å². The standard InChI is InChI=1S/C16H12N6S/c17-8-12-7-11(1-3-18-12)14-9-22(5-6-23-14)16-13-2-4-19-15(13)20-10-21-16/h1-4,7,9-10H,5-6H2,(H,19,20,21). The van der Waals surface area contributed by atoms with Gasteiger partial charge in [-0.25, -0.2) is 15.0 Å². The number of nitriles is 1. The van der Waals surface area contributed by atoms with Gasteiger partial charge in [-0.3, -0.25) is 0 Å². The van der Waals surface area contributed by atoms with E-state index in [1.54, 1.807) is 24.3 Å². The average Bonchev–Trinajstić information content (AvgIpc) is 3.10. The minimum Gasteiger partial charge on any atom is -0.346 e. The van der Waals surface area contributed by atoms with E-state index >= 15 is 0 Å². The van der Waals surface area contributed by atoms with E-state index in [2.05, 4.69) is 37.1 Å². The largest absolute Gasteiger partial charge is 0.346 e. The van der Waals surface area contributed by atoms with Gasteiger partial charge in [-0.15, -0.1) is 11.8 Å². The van der Waals surface area contributed by atoms with E-state index in [9.17, 15) is 0 Å². The molecule has 0 saturated carbocycles. The maximum atomic E-state index is 9.02. The van der Waals surface area contributed by atoms with Crippen LogP contribution in [0.5, 0.6) is 0 Å². The van der Waals surface area contributed by atoms with Gasteiger partial charge >= 0.3 is 0 Å². The molecule has 0 aliphatic carbocycles. The summed E-state index contributed by atoms with van der Waals surface area (Å²) in [6, 6.07) is 7.81. The van der Waals surface area contributed by atoms with Crippen molar-refractivity contribution in [1.29, 1.82) is 5.26 Å². The van der Waals surface area contributed by atoms with Crippen LogP contribution in [0.25, 0.3) is 15.9 Å². The number of rotatable bonds is 2. The van der Waals surface area contributed by atoms with E-state index in [-0.39, 0.29) is 0 Å². The molecule has 4 heterocycles. The van der Waals surface area contributed by atoms with E-state index in [0.29, 0.717) is 5.69 Å². The highest BCUT2D eigenvalue weighted by Gasteiger charge is 2.17. The third-order valence-corrected chi connectivity index (χ3v) is 4.67. The van der Waals surface area contributed by atoms with Gasteiger partial charge in [0, 0.05) is 35.8 Å². The van der Waals surface area contributed by atoms with Gasteiger partial charge in [-0.1, -0.05) is 0 Å². The molecule has 23 heavy (non-hydrogen) atoms. The average molecular weight is 320 g/mol. The Labute approximate surface area is 136 Å². The molecule has 0 unspecified atom stereocenters. The second kappa shape index (κ2) is 5.74. The fraction of sp³-hybridized carbons (Fsp3) is 0.125. The molecule has 0 radical (unpaired) electrons. The van der Waals surface area contributed by atoms with Crippen LogP contribution in [0.15, 0.2) is 43.1 Å². The number of hydrogen-bond donors (Lipinski definition) is 1. The highest BCUT2D eigenvalue weighted by atomic mass is 32.2. The minimum absolute atomic E-state index is 0.427. The predicted molar refractivity (Wildman–Crippen MR) is 90.6 cm³/mol. The summed E-state index contributed by atoms with van der Waals surface area (Å²) in [6.07, 6.45) is 7.20. The second-order valence-corrected chi connectivity index (χ2v) is 6.15. The van der Waals surface area contributed by atoms with Gasteiger partial charge in [0.1, 0.15) is 29.6 Å². The number of aromatic nitrogens is 4. The molecule has 4 rings (SSSR count). The molecule has 1 N–H and O–H groups in total. The number of thioether (sulfide) groups is 1. The first kappa shape index (κ1) is 13.8. The van der Waals surface area contributed by atoms with Crippen molar-refractivity contribution in [2.45, 2.75) is 0 Å². The van der Waals surface area contributed by atoms with Crippen LogP contribution >= 0.6 is 11.8 Å². The van der Waals surface area contributed by atoms with Crippen molar-refractivity contribution >= 4 is 33.5 Å². The van der Waals surface area contributed by atoms with Gasteiger partial charge in [0.05, 0.1) is 5.39 Å². The highest BCUT2D eigenvalue weighted by molar-refractivity contribution is 8.08. The molecular weight excluding hydrogens is 308 g/mol. The number of anilines is 1. The van der Waals surface area contributed by atoms with Crippen LogP contribution in [0.3, 0.4) is 0 Å². The van der Waals surface area contributed by atoms with Crippen molar-refractivity contribution in [2.24, 2.45) is 0 Å². The lowest BCUT2D eigenvalue weighted by Gasteiger charge is -2.26. The molecule has 1 aliphatic rings. The molecule has 0 atom stereocenters. The van der Waals surface area contributed by atoms with Gasteiger partial charge in [0.25, 0.3) is 0 Å². The molecule has 0 amide bonds. The topological polar surface area (TPSA) is 81.5 Å². The van der Waals surface area contributed by atoms with Crippen LogP contribution in [0.2, 0.25) is 0 Å². The Morgan fingerprint density at radius 3 is 3.13 bits per heavy atom. The Morgan fingerprint density at radius 1 is 1.26 bits per heavy atom. The monoisotopic (exact) mass is 320 g/mol. The minimum atomic E-state index is 0.427. The lowest BCUT2D eigenvalue weighted by molar-refractivity contribution is 0.988. The fourth-order valence-electron chi connectivity index (χ4n) is 2.55. The number of nitrogens with one attached hydrogen (secondary N) is 1. The normalized spacial score (nSPS) is 14.6. The zero-order valence-corrected chi connectivity index (χ0v) is 12.9. The first-order valence-electron chi connectivity index (χ1n) is 7.11. The van der Waals surface area contributed by atoms with E-state index in [0.717, 1.165) is 39.6 Å². The Morgan fingerprint density at radius 2 is 2.22 bits per heavy atom. The summed E-state index contributed by atoms with van der Waals surface area (Å²) >= 11 is 1.77. The molecule has 0 spiro atoms. The molecule has 6 nitrogen and oxygen atoms in total. The van der Waals surface area contributed by atoms with E-state index in [1.165, 1.54) is 0 Å². The van der Waals surface area contributed by atoms with Gasteiger partial charge in [-0.2, -0.15) is 5.26 Å². The van der Waals surface area contributed by atoms with Crippen LogP contribution in [0, 0.1) is 11.3 Å². The van der Waals surface area contributed by atoms with Crippen molar-refractivity contribution in [3.63, 3.8) is 0 Å². The zero-order valence-electron chi connectivity index (χ0n) is 12.1. The number of aromatic amines is 1. The Hall–Kier alpha value is -2.85. The summed E-state index contributed by atoms with van der Waals surface area (Å²) < 4.78 is 0. The molecule has 0 saturated heterocycles. The molecular formula is C16H12N6S. The molecule has 112 valence electrons. The van der Waals surface area contributed by atoms with Crippen LogP contribution < -0.4 is 4.90 Å². The number of hydrogen-bond acceptors (Lipinski definition) is 6. The zero-order chi connectivity index (χ0) is 15.6. The quantitative estimate of drug-likeness (QED) is 0.782. The van der Waals surface area contributed by atoms with Crippen molar-refractivity contribution in [2.75, 3.05) is 17.2 Å². The molecule has 0 bridgehead atoms. The van der Waals surface area contributed by atoms with Crippen LogP contribution in [0.4, 0.5) is 5.82 Å². The molecule has 0 fully saturated rings. The summed E-state index contributed by atoms with van der Waals surface area (Å²) in [5.41, 5.74) is 2.26. The first-order chi connectivity index (χ1) is 11.3. The molecule has 1 aliphatic heterocycles. The summed E-state index contributed by atoms with van der Waals surface area (Å²) in [4.78, 5) is 19.1. The Balaban J connectivity index is 1.76. The van der Waals surface area contributed by atoms with Gasteiger partial charge in [-0.05, 0) is 23.8 Å². The smallest absolute Gasteiger partial charge is 0.145 e. The lowest BCUT2D eigenvalue weighted by atomic mass is 10.2. The lowest BCUT2D eigenvalue weighted by Crippen LogP contribution is -2.24. The van der Waals surface area contributed by atoms with Crippen LogP contribution in [-0.4, -0.2) is 32.2 Å². The Kier molecular flexibility index (Phi) is 3.44. The fourth-order valence-corrected chi connectivity index (χ4v) is 3.56. The number of H-pyrrole nitrogens is 1. The van der Waals surface area contributed by atoms with Crippen LogP contribution in [0.1, 0.15) is 11.3 Å². The summed E-state index contributed by atoms with van der Waals surface area (Å²) in [6.45, 7) is 0.877.